The molecule has 4 N–H and O–H groups in total. The number of anilines is 2. The minimum absolute atomic E-state index is 0.177. The fraction of sp³-hybridized carbons (Fsp3) is 0.125. The number of urea groups is 1. The zero-order chi connectivity index (χ0) is 15.9. The number of hydrogen-bond acceptors (Lipinski definition) is 3. The quantitative estimate of drug-likeness (QED) is 0.791. The molecule has 0 aromatic heterocycles. The van der Waals surface area contributed by atoms with Gasteiger partial charge in [0.1, 0.15) is 5.75 Å². The first kappa shape index (κ1) is 15.4. The van der Waals surface area contributed by atoms with Crippen LogP contribution in [-0.2, 0) is 11.2 Å². The van der Waals surface area contributed by atoms with E-state index < -0.39 is 5.91 Å². The second kappa shape index (κ2) is 7.12. The van der Waals surface area contributed by atoms with Gasteiger partial charge in [0.2, 0.25) is 5.91 Å². The van der Waals surface area contributed by atoms with Crippen LogP contribution in [0.2, 0.25) is 0 Å². The summed E-state index contributed by atoms with van der Waals surface area (Å²) >= 11 is 0. The molecule has 0 saturated heterocycles. The van der Waals surface area contributed by atoms with Crippen LogP contribution in [0.15, 0.2) is 48.5 Å². The van der Waals surface area contributed by atoms with E-state index in [2.05, 4.69) is 10.6 Å². The molecule has 22 heavy (non-hydrogen) atoms. The number of primary amides is 1. The summed E-state index contributed by atoms with van der Waals surface area (Å²) in [5.74, 6) is 0.269. The van der Waals surface area contributed by atoms with E-state index in [1.165, 1.54) is 0 Å². The molecule has 2 aromatic rings. The maximum absolute atomic E-state index is 11.9. The summed E-state index contributed by atoms with van der Waals surface area (Å²) in [4.78, 5) is 22.7. The van der Waals surface area contributed by atoms with Gasteiger partial charge in [-0.2, -0.15) is 0 Å². The Bertz CT molecular complexity index is 669. The largest absolute Gasteiger partial charge is 0.497 e. The summed E-state index contributed by atoms with van der Waals surface area (Å²) < 4.78 is 5.09. The van der Waals surface area contributed by atoms with E-state index in [0.717, 1.165) is 5.56 Å². The van der Waals surface area contributed by atoms with Crippen molar-refractivity contribution in [3.8, 4) is 5.75 Å². The number of benzene rings is 2. The van der Waals surface area contributed by atoms with E-state index in [1.54, 1.807) is 55.6 Å². The summed E-state index contributed by atoms with van der Waals surface area (Å²) in [6, 6.07) is 13.6. The van der Waals surface area contributed by atoms with Crippen molar-refractivity contribution in [3.63, 3.8) is 0 Å². The van der Waals surface area contributed by atoms with Crippen LogP contribution in [0.25, 0.3) is 0 Å². The third-order valence-electron chi connectivity index (χ3n) is 2.92. The van der Waals surface area contributed by atoms with Gasteiger partial charge in [0.05, 0.1) is 13.5 Å². The van der Waals surface area contributed by atoms with Crippen LogP contribution >= 0.6 is 0 Å². The van der Waals surface area contributed by atoms with Gasteiger partial charge < -0.3 is 21.1 Å². The number of methoxy groups -OCH3 is 1. The van der Waals surface area contributed by atoms with Gasteiger partial charge >= 0.3 is 6.03 Å². The Balaban J connectivity index is 1.95. The molecule has 0 spiro atoms. The number of rotatable bonds is 5. The van der Waals surface area contributed by atoms with Crippen molar-refractivity contribution < 1.29 is 14.3 Å². The molecule has 0 aliphatic heterocycles. The lowest BCUT2D eigenvalue weighted by Crippen LogP contribution is -2.19. The molecule has 0 bridgehead atoms. The molecule has 0 heterocycles. The first-order chi connectivity index (χ1) is 10.6. The molecule has 3 amide bonds. The van der Waals surface area contributed by atoms with Crippen LogP contribution in [0.5, 0.6) is 5.75 Å². The zero-order valence-electron chi connectivity index (χ0n) is 12.1. The molecule has 2 aromatic carbocycles. The second-order valence-corrected chi connectivity index (χ2v) is 4.65. The Morgan fingerprint density at radius 2 is 1.73 bits per heavy atom. The molecule has 0 unspecified atom stereocenters. The first-order valence-corrected chi connectivity index (χ1v) is 6.66. The summed E-state index contributed by atoms with van der Waals surface area (Å²) in [5.41, 5.74) is 7.17. The first-order valence-electron chi connectivity index (χ1n) is 6.66. The van der Waals surface area contributed by atoms with Crippen LogP contribution < -0.4 is 21.1 Å². The van der Waals surface area contributed by atoms with E-state index in [1.807, 2.05) is 0 Å². The summed E-state index contributed by atoms with van der Waals surface area (Å²) in [6.07, 6.45) is 0.177. The molecule has 0 aliphatic carbocycles. The maximum Gasteiger partial charge on any atom is 0.323 e. The normalized spacial score (nSPS) is 9.86. The Hall–Kier alpha value is -3.02. The van der Waals surface area contributed by atoms with Gasteiger partial charge in [0.25, 0.3) is 0 Å². The molecule has 0 atom stereocenters. The van der Waals surface area contributed by atoms with Gasteiger partial charge in [0.15, 0.2) is 0 Å². The van der Waals surface area contributed by atoms with E-state index in [0.29, 0.717) is 17.1 Å². The van der Waals surface area contributed by atoms with Gasteiger partial charge in [-0.15, -0.1) is 0 Å². The van der Waals surface area contributed by atoms with Crippen molar-refractivity contribution in [3.05, 3.63) is 54.1 Å². The standard InChI is InChI=1S/C16H17N3O3/c1-22-14-4-2-3-13(10-14)19-16(21)18-12-7-5-11(6-8-12)9-15(17)20/h2-8,10H,9H2,1H3,(H2,17,20)(H2,18,19,21). The summed E-state index contributed by atoms with van der Waals surface area (Å²) in [5, 5.41) is 5.41. The van der Waals surface area contributed by atoms with Gasteiger partial charge in [-0.3, -0.25) is 4.79 Å². The van der Waals surface area contributed by atoms with Crippen LogP contribution in [0.3, 0.4) is 0 Å². The summed E-state index contributed by atoms with van der Waals surface area (Å²) in [7, 11) is 1.56. The average molecular weight is 299 g/mol. The van der Waals surface area contributed by atoms with Crippen LogP contribution in [0.1, 0.15) is 5.56 Å². The third kappa shape index (κ3) is 4.52. The molecule has 0 radical (unpaired) electrons. The van der Waals surface area contributed by atoms with Crippen molar-refractivity contribution in [1.29, 1.82) is 0 Å². The van der Waals surface area contributed by atoms with Crippen molar-refractivity contribution in [2.24, 2.45) is 5.73 Å². The van der Waals surface area contributed by atoms with Crippen molar-refractivity contribution in [2.45, 2.75) is 6.42 Å². The van der Waals surface area contributed by atoms with E-state index >= 15 is 0 Å². The molecule has 6 nitrogen and oxygen atoms in total. The number of carbonyl (C=O) groups excluding carboxylic acids is 2. The Labute approximate surface area is 128 Å². The van der Waals surface area contributed by atoms with Crippen molar-refractivity contribution in [2.75, 3.05) is 17.7 Å². The molecule has 2 rings (SSSR count). The monoisotopic (exact) mass is 299 g/mol. The van der Waals surface area contributed by atoms with Gasteiger partial charge in [-0.05, 0) is 29.8 Å². The minimum atomic E-state index is -0.392. The highest BCUT2D eigenvalue weighted by atomic mass is 16.5. The number of ether oxygens (including phenoxy) is 1. The van der Waals surface area contributed by atoms with Gasteiger partial charge in [-0.1, -0.05) is 18.2 Å². The highest BCUT2D eigenvalue weighted by Gasteiger charge is 2.04. The Morgan fingerprint density at radius 1 is 1.05 bits per heavy atom. The van der Waals surface area contributed by atoms with Gasteiger partial charge in [0, 0.05) is 17.4 Å². The third-order valence-corrected chi connectivity index (χ3v) is 2.92. The number of hydrogen-bond donors (Lipinski definition) is 3. The molecule has 6 heteroatoms. The zero-order valence-corrected chi connectivity index (χ0v) is 12.1. The Morgan fingerprint density at radius 3 is 2.36 bits per heavy atom. The van der Waals surface area contributed by atoms with E-state index in [4.69, 9.17) is 10.5 Å². The maximum atomic E-state index is 11.9. The number of amides is 3. The smallest absolute Gasteiger partial charge is 0.323 e. The average Bonchev–Trinajstić information content (AvgIpc) is 2.49. The predicted octanol–water partition coefficient (Wildman–Crippen LogP) is 2.37. The number of carbonyl (C=O) groups is 2. The topological polar surface area (TPSA) is 93.4 Å². The lowest BCUT2D eigenvalue weighted by atomic mass is 10.1. The molecular formula is C16H17N3O3. The number of nitrogens with two attached hydrogens (primary N) is 1. The lowest BCUT2D eigenvalue weighted by Gasteiger charge is -2.09. The minimum Gasteiger partial charge on any atom is -0.497 e. The van der Waals surface area contributed by atoms with Crippen LogP contribution in [-0.4, -0.2) is 19.0 Å². The Kier molecular flexibility index (Phi) is 4.98. The molecule has 0 saturated carbocycles. The fourth-order valence-electron chi connectivity index (χ4n) is 1.90. The van der Waals surface area contributed by atoms with Crippen LogP contribution in [0, 0.1) is 0 Å². The molecule has 114 valence electrons. The van der Waals surface area contributed by atoms with Crippen molar-refractivity contribution in [1.82, 2.24) is 0 Å². The highest BCUT2D eigenvalue weighted by Crippen LogP contribution is 2.17. The van der Waals surface area contributed by atoms with Crippen LogP contribution in [0.4, 0.5) is 16.2 Å². The fourth-order valence-corrected chi connectivity index (χ4v) is 1.90. The predicted molar refractivity (Wildman–Crippen MR) is 85.0 cm³/mol. The molecular weight excluding hydrogens is 282 g/mol. The van der Waals surface area contributed by atoms with Crippen molar-refractivity contribution >= 4 is 23.3 Å². The summed E-state index contributed by atoms with van der Waals surface area (Å²) in [6.45, 7) is 0. The second-order valence-electron chi connectivity index (χ2n) is 4.65. The number of nitrogens with one attached hydrogen (secondary N) is 2. The van der Waals surface area contributed by atoms with Gasteiger partial charge in [-0.25, -0.2) is 4.79 Å². The highest BCUT2D eigenvalue weighted by molar-refractivity contribution is 5.99. The van der Waals surface area contributed by atoms with E-state index in [9.17, 15) is 9.59 Å². The molecule has 0 fully saturated rings. The SMILES string of the molecule is COc1cccc(NC(=O)Nc2ccc(CC(N)=O)cc2)c1. The molecule has 0 aliphatic rings. The van der Waals surface area contributed by atoms with E-state index in [-0.39, 0.29) is 12.5 Å². The lowest BCUT2D eigenvalue weighted by molar-refractivity contribution is -0.117.